The summed E-state index contributed by atoms with van der Waals surface area (Å²) >= 11 is 1.61. The SMILES string of the molecule is O=C1CCc2cc(S(=O)(=O)NCC(c3cccs3)c3c[nH]c4ccccc34)ccc2N1. The average molecular weight is 452 g/mol. The summed E-state index contributed by atoms with van der Waals surface area (Å²) < 4.78 is 29.0. The van der Waals surface area contributed by atoms with Crippen LogP contribution in [0.2, 0.25) is 0 Å². The molecule has 0 bridgehead atoms. The molecule has 5 rings (SSSR count). The lowest BCUT2D eigenvalue weighted by Crippen LogP contribution is -2.29. The Balaban J connectivity index is 1.44. The highest BCUT2D eigenvalue weighted by atomic mass is 32.2. The maximum absolute atomic E-state index is 13.1. The number of carbonyl (C=O) groups is 1. The lowest BCUT2D eigenvalue weighted by Gasteiger charge is -2.19. The van der Waals surface area contributed by atoms with E-state index in [4.69, 9.17) is 0 Å². The summed E-state index contributed by atoms with van der Waals surface area (Å²) in [7, 11) is -3.71. The van der Waals surface area contributed by atoms with E-state index in [1.165, 1.54) is 0 Å². The maximum Gasteiger partial charge on any atom is 0.240 e. The van der Waals surface area contributed by atoms with Crippen LogP contribution >= 0.6 is 11.3 Å². The number of para-hydroxylation sites is 1. The van der Waals surface area contributed by atoms with Crippen molar-refractivity contribution < 1.29 is 13.2 Å². The van der Waals surface area contributed by atoms with Crippen molar-refractivity contribution in [3.8, 4) is 0 Å². The zero-order chi connectivity index (χ0) is 21.4. The highest BCUT2D eigenvalue weighted by Gasteiger charge is 2.24. The van der Waals surface area contributed by atoms with Crippen molar-refractivity contribution in [2.45, 2.75) is 23.7 Å². The van der Waals surface area contributed by atoms with E-state index in [1.54, 1.807) is 29.5 Å². The summed E-state index contributed by atoms with van der Waals surface area (Å²) in [5.41, 5.74) is 3.62. The highest BCUT2D eigenvalue weighted by Crippen LogP contribution is 2.33. The lowest BCUT2D eigenvalue weighted by molar-refractivity contribution is -0.116. The van der Waals surface area contributed by atoms with Gasteiger partial charge in [-0.3, -0.25) is 4.79 Å². The number of nitrogens with one attached hydrogen (secondary N) is 3. The molecule has 0 saturated heterocycles. The normalized spacial score (nSPS) is 14.9. The number of aromatic nitrogens is 1. The van der Waals surface area contributed by atoms with E-state index in [2.05, 4.69) is 15.0 Å². The molecule has 0 fully saturated rings. The first-order chi connectivity index (χ1) is 15.0. The molecule has 0 saturated carbocycles. The summed E-state index contributed by atoms with van der Waals surface area (Å²) in [4.78, 5) is 16.2. The zero-order valence-electron chi connectivity index (χ0n) is 16.6. The largest absolute Gasteiger partial charge is 0.361 e. The van der Waals surface area contributed by atoms with Gasteiger partial charge in [-0.15, -0.1) is 11.3 Å². The molecule has 0 spiro atoms. The number of fused-ring (bicyclic) bond motifs is 2. The van der Waals surface area contributed by atoms with Gasteiger partial charge in [0.05, 0.1) is 4.90 Å². The van der Waals surface area contributed by atoms with Crippen molar-refractivity contribution in [2.24, 2.45) is 0 Å². The number of benzene rings is 2. The molecule has 1 aliphatic rings. The van der Waals surface area contributed by atoms with Gasteiger partial charge in [0.25, 0.3) is 0 Å². The van der Waals surface area contributed by atoms with Gasteiger partial charge in [-0.2, -0.15) is 0 Å². The molecule has 1 unspecified atom stereocenters. The van der Waals surface area contributed by atoms with Crippen LogP contribution in [0.25, 0.3) is 10.9 Å². The quantitative estimate of drug-likeness (QED) is 0.410. The van der Waals surface area contributed by atoms with Crippen LogP contribution in [0.5, 0.6) is 0 Å². The van der Waals surface area contributed by atoms with Crippen molar-refractivity contribution >= 4 is 43.9 Å². The molecule has 3 heterocycles. The van der Waals surface area contributed by atoms with Gasteiger partial charge < -0.3 is 10.3 Å². The minimum absolute atomic E-state index is 0.0428. The fourth-order valence-electron chi connectivity index (χ4n) is 4.04. The molecule has 6 nitrogen and oxygen atoms in total. The van der Waals surface area contributed by atoms with Crippen LogP contribution < -0.4 is 10.0 Å². The van der Waals surface area contributed by atoms with Gasteiger partial charge in [-0.25, -0.2) is 13.1 Å². The van der Waals surface area contributed by atoms with Crippen LogP contribution in [0.4, 0.5) is 5.69 Å². The number of aromatic amines is 1. The third-order valence-corrected chi connectivity index (χ3v) is 8.05. The highest BCUT2D eigenvalue weighted by molar-refractivity contribution is 7.89. The Hall–Kier alpha value is -2.94. The van der Waals surface area contributed by atoms with E-state index in [0.29, 0.717) is 18.5 Å². The first kappa shape index (κ1) is 20.0. The molecule has 1 aliphatic heterocycles. The fraction of sp³-hybridized carbons (Fsp3) is 0.174. The second kappa shape index (κ2) is 7.96. The third kappa shape index (κ3) is 3.89. The Morgan fingerprint density at radius 2 is 1.94 bits per heavy atom. The number of amides is 1. The van der Waals surface area contributed by atoms with Crippen LogP contribution in [-0.2, 0) is 21.2 Å². The number of sulfonamides is 1. The molecule has 1 amide bonds. The summed E-state index contributed by atoms with van der Waals surface area (Å²) in [6.45, 7) is 0.249. The molecule has 1 atom stereocenters. The van der Waals surface area contributed by atoms with Gasteiger partial charge >= 0.3 is 0 Å². The Kier molecular flexibility index (Phi) is 5.13. The Morgan fingerprint density at radius 1 is 1.06 bits per heavy atom. The van der Waals surface area contributed by atoms with Crippen LogP contribution in [0.15, 0.2) is 71.1 Å². The van der Waals surface area contributed by atoms with Gasteiger partial charge in [0.15, 0.2) is 0 Å². The van der Waals surface area contributed by atoms with E-state index in [-0.39, 0.29) is 23.3 Å². The summed E-state index contributed by atoms with van der Waals surface area (Å²) in [5, 5.41) is 5.88. The molecule has 158 valence electrons. The predicted octanol–water partition coefficient (Wildman–Crippen LogP) is 4.22. The van der Waals surface area contributed by atoms with E-state index in [0.717, 1.165) is 26.9 Å². The van der Waals surface area contributed by atoms with Crippen molar-refractivity contribution in [3.05, 3.63) is 82.2 Å². The molecule has 31 heavy (non-hydrogen) atoms. The summed E-state index contributed by atoms with van der Waals surface area (Å²) in [6.07, 6.45) is 2.87. The van der Waals surface area contributed by atoms with Gasteiger partial charge in [0.2, 0.25) is 15.9 Å². The number of hydrogen-bond acceptors (Lipinski definition) is 4. The number of anilines is 1. The van der Waals surface area contributed by atoms with E-state index in [1.807, 2.05) is 48.0 Å². The standard InChI is InChI=1S/C23H21N3O3S2/c27-23-10-7-15-12-16(8-9-20(15)26-23)31(28,29)25-14-19(22-6-3-11-30-22)18-13-24-21-5-2-1-4-17(18)21/h1-6,8-9,11-13,19,24-25H,7,10,14H2,(H,26,27). The Labute approximate surface area is 184 Å². The van der Waals surface area contributed by atoms with Gasteiger partial charge in [0, 0.05) is 46.5 Å². The Morgan fingerprint density at radius 3 is 2.77 bits per heavy atom. The molecule has 0 aliphatic carbocycles. The summed E-state index contributed by atoms with van der Waals surface area (Å²) in [6, 6.07) is 16.9. The van der Waals surface area contributed by atoms with Crippen molar-refractivity contribution in [2.75, 3.05) is 11.9 Å². The molecule has 2 aromatic carbocycles. The molecule has 0 radical (unpaired) electrons. The molecule has 8 heteroatoms. The number of thiophene rings is 1. The number of carbonyl (C=O) groups excluding carboxylic acids is 1. The van der Waals surface area contributed by atoms with E-state index >= 15 is 0 Å². The maximum atomic E-state index is 13.1. The molecular formula is C23H21N3O3S2. The van der Waals surface area contributed by atoms with Crippen LogP contribution in [0.3, 0.4) is 0 Å². The van der Waals surface area contributed by atoms with Crippen molar-refractivity contribution in [1.29, 1.82) is 0 Å². The number of rotatable bonds is 6. The monoisotopic (exact) mass is 451 g/mol. The van der Waals surface area contributed by atoms with Crippen LogP contribution in [0.1, 0.15) is 28.3 Å². The van der Waals surface area contributed by atoms with Crippen molar-refractivity contribution in [1.82, 2.24) is 9.71 Å². The minimum Gasteiger partial charge on any atom is -0.361 e. The fourth-order valence-corrected chi connectivity index (χ4v) is 5.98. The summed E-state index contributed by atoms with van der Waals surface area (Å²) in [5.74, 6) is -0.151. The first-order valence-corrected chi connectivity index (χ1v) is 12.4. The molecule has 2 aromatic heterocycles. The topological polar surface area (TPSA) is 91.1 Å². The smallest absolute Gasteiger partial charge is 0.240 e. The lowest BCUT2D eigenvalue weighted by atomic mass is 9.97. The minimum atomic E-state index is -3.71. The number of H-pyrrole nitrogens is 1. The van der Waals surface area contributed by atoms with Crippen LogP contribution in [-0.4, -0.2) is 25.9 Å². The van der Waals surface area contributed by atoms with Gasteiger partial charge in [-0.1, -0.05) is 24.3 Å². The van der Waals surface area contributed by atoms with Crippen molar-refractivity contribution in [3.63, 3.8) is 0 Å². The second-order valence-electron chi connectivity index (χ2n) is 7.58. The van der Waals surface area contributed by atoms with E-state index in [9.17, 15) is 13.2 Å². The number of aryl methyl sites for hydroxylation is 1. The number of hydrogen-bond donors (Lipinski definition) is 3. The first-order valence-electron chi connectivity index (χ1n) is 10.0. The predicted molar refractivity (Wildman–Crippen MR) is 123 cm³/mol. The van der Waals surface area contributed by atoms with Crippen LogP contribution in [0, 0.1) is 0 Å². The molecule has 4 aromatic rings. The molecular weight excluding hydrogens is 430 g/mol. The second-order valence-corrected chi connectivity index (χ2v) is 10.3. The molecule has 3 N–H and O–H groups in total. The van der Waals surface area contributed by atoms with Gasteiger partial charge in [0.1, 0.15) is 0 Å². The Bertz CT molecular complexity index is 1360. The van der Waals surface area contributed by atoms with E-state index < -0.39 is 10.0 Å². The zero-order valence-corrected chi connectivity index (χ0v) is 18.2. The van der Waals surface area contributed by atoms with Gasteiger partial charge in [-0.05, 0) is 53.3 Å². The average Bonchev–Trinajstić information content (AvgIpc) is 3.44. The third-order valence-electron chi connectivity index (χ3n) is 5.64.